The fourth-order valence-electron chi connectivity index (χ4n) is 3.82. The minimum Gasteiger partial charge on any atom is -0.371 e. The molecular formula is C22H28N4O3. The Balaban J connectivity index is 1.71. The minimum atomic E-state index is -0.457. The van der Waals surface area contributed by atoms with Crippen LogP contribution in [0, 0.1) is 17.0 Å². The summed E-state index contributed by atoms with van der Waals surface area (Å²) in [4.78, 5) is 28.0. The Morgan fingerprint density at radius 3 is 2.59 bits per heavy atom. The molecule has 7 nitrogen and oxygen atoms in total. The third-order valence-corrected chi connectivity index (χ3v) is 5.39. The first-order valence-electron chi connectivity index (χ1n) is 10.1. The van der Waals surface area contributed by atoms with E-state index < -0.39 is 4.92 Å². The molecule has 1 aliphatic rings. The van der Waals surface area contributed by atoms with E-state index in [0.717, 1.165) is 43.9 Å². The summed E-state index contributed by atoms with van der Waals surface area (Å²) >= 11 is 0. The van der Waals surface area contributed by atoms with Gasteiger partial charge in [0.15, 0.2) is 0 Å². The Labute approximate surface area is 171 Å². The average Bonchev–Trinajstić information content (AvgIpc) is 3.26. The van der Waals surface area contributed by atoms with E-state index in [9.17, 15) is 14.9 Å². The van der Waals surface area contributed by atoms with E-state index in [0.29, 0.717) is 18.7 Å². The summed E-state index contributed by atoms with van der Waals surface area (Å²) in [5.41, 5.74) is 3.43. The number of rotatable bonds is 8. The smallest absolute Gasteiger partial charge is 0.270 e. The molecule has 1 heterocycles. The highest BCUT2D eigenvalue weighted by Gasteiger charge is 2.22. The second-order valence-electron chi connectivity index (χ2n) is 7.27. The van der Waals surface area contributed by atoms with E-state index in [4.69, 9.17) is 0 Å². The van der Waals surface area contributed by atoms with Crippen LogP contribution in [-0.4, -0.2) is 43.6 Å². The van der Waals surface area contributed by atoms with Crippen molar-refractivity contribution in [3.63, 3.8) is 0 Å². The fourth-order valence-corrected chi connectivity index (χ4v) is 3.82. The Hall–Kier alpha value is -3.09. The van der Waals surface area contributed by atoms with Crippen molar-refractivity contribution in [2.75, 3.05) is 42.5 Å². The maximum atomic E-state index is 12.9. The van der Waals surface area contributed by atoms with Crippen molar-refractivity contribution in [1.82, 2.24) is 5.32 Å². The predicted molar refractivity (Wildman–Crippen MR) is 116 cm³/mol. The number of hydrogen-bond donors (Lipinski definition) is 1. The first-order valence-corrected chi connectivity index (χ1v) is 10.1. The second-order valence-corrected chi connectivity index (χ2v) is 7.27. The fraction of sp³-hybridized carbons (Fsp3) is 0.409. The van der Waals surface area contributed by atoms with Gasteiger partial charge < -0.3 is 15.1 Å². The predicted octanol–water partition coefficient (Wildman–Crippen LogP) is 3.76. The Kier molecular flexibility index (Phi) is 6.69. The number of likely N-dealkylation sites (N-methyl/N-ethyl adjacent to an activating group) is 1. The molecule has 0 atom stereocenters. The number of aryl methyl sites for hydroxylation is 1. The van der Waals surface area contributed by atoms with Gasteiger partial charge in [-0.2, -0.15) is 0 Å². The van der Waals surface area contributed by atoms with Crippen LogP contribution in [0.2, 0.25) is 0 Å². The number of benzene rings is 2. The van der Waals surface area contributed by atoms with Gasteiger partial charge in [0.1, 0.15) is 0 Å². The number of anilines is 2. The van der Waals surface area contributed by atoms with Crippen LogP contribution in [0.25, 0.3) is 0 Å². The molecule has 0 bridgehead atoms. The summed E-state index contributed by atoms with van der Waals surface area (Å²) in [7, 11) is 0. The van der Waals surface area contributed by atoms with Crippen molar-refractivity contribution in [3.8, 4) is 0 Å². The van der Waals surface area contributed by atoms with Crippen LogP contribution in [-0.2, 0) is 0 Å². The molecule has 154 valence electrons. The molecule has 1 saturated heterocycles. The molecule has 0 saturated carbocycles. The number of carbonyl (C=O) groups is 1. The number of hydrogen-bond acceptors (Lipinski definition) is 5. The van der Waals surface area contributed by atoms with Crippen LogP contribution in [0.3, 0.4) is 0 Å². The molecule has 1 amide bonds. The van der Waals surface area contributed by atoms with Crippen molar-refractivity contribution in [1.29, 1.82) is 0 Å². The van der Waals surface area contributed by atoms with Crippen molar-refractivity contribution in [2.45, 2.75) is 26.7 Å². The van der Waals surface area contributed by atoms with Crippen molar-refractivity contribution in [3.05, 3.63) is 63.7 Å². The SMILES string of the molecule is CCN(CCNC(=O)c1cc([N+](=O)[O-])ccc1N1CCCC1)c1ccccc1C. The number of non-ortho nitro benzene ring substituents is 1. The number of para-hydroxylation sites is 1. The van der Waals surface area contributed by atoms with Gasteiger partial charge in [0.2, 0.25) is 0 Å². The molecule has 2 aromatic rings. The average molecular weight is 396 g/mol. The van der Waals surface area contributed by atoms with Crippen LogP contribution < -0.4 is 15.1 Å². The number of nitrogens with zero attached hydrogens (tertiary/aromatic N) is 3. The van der Waals surface area contributed by atoms with Crippen molar-refractivity contribution in [2.24, 2.45) is 0 Å². The van der Waals surface area contributed by atoms with Gasteiger partial charge in [0.25, 0.3) is 11.6 Å². The van der Waals surface area contributed by atoms with E-state index in [1.165, 1.54) is 17.7 Å². The molecule has 0 unspecified atom stereocenters. The molecule has 3 rings (SSSR count). The third-order valence-electron chi connectivity index (χ3n) is 5.39. The third kappa shape index (κ3) is 4.85. The number of carbonyl (C=O) groups excluding carboxylic acids is 1. The molecule has 29 heavy (non-hydrogen) atoms. The summed E-state index contributed by atoms with van der Waals surface area (Å²) in [6, 6.07) is 12.7. The zero-order valence-electron chi connectivity index (χ0n) is 17.1. The molecule has 0 spiro atoms. The van der Waals surface area contributed by atoms with Crippen LogP contribution in [0.4, 0.5) is 17.1 Å². The quantitative estimate of drug-likeness (QED) is 0.543. The molecule has 0 radical (unpaired) electrons. The maximum Gasteiger partial charge on any atom is 0.270 e. The summed E-state index contributed by atoms with van der Waals surface area (Å²) < 4.78 is 0. The highest BCUT2D eigenvalue weighted by atomic mass is 16.6. The number of nitro benzene ring substituents is 1. The Morgan fingerprint density at radius 2 is 1.93 bits per heavy atom. The molecular weight excluding hydrogens is 368 g/mol. The lowest BCUT2D eigenvalue weighted by molar-refractivity contribution is -0.384. The van der Waals surface area contributed by atoms with Crippen LogP contribution in [0.1, 0.15) is 35.7 Å². The van der Waals surface area contributed by atoms with Crippen LogP contribution in [0.15, 0.2) is 42.5 Å². The molecule has 0 aromatic heterocycles. The first-order chi connectivity index (χ1) is 14.0. The Bertz CT molecular complexity index is 878. The molecule has 1 N–H and O–H groups in total. The van der Waals surface area contributed by atoms with E-state index in [-0.39, 0.29) is 11.6 Å². The lowest BCUT2D eigenvalue weighted by atomic mass is 10.1. The van der Waals surface area contributed by atoms with Gasteiger partial charge in [-0.1, -0.05) is 18.2 Å². The zero-order chi connectivity index (χ0) is 20.8. The molecule has 1 fully saturated rings. The largest absolute Gasteiger partial charge is 0.371 e. The van der Waals surface area contributed by atoms with Gasteiger partial charge in [-0.25, -0.2) is 0 Å². The lowest BCUT2D eigenvalue weighted by Gasteiger charge is -2.25. The van der Waals surface area contributed by atoms with Gasteiger partial charge in [0.05, 0.1) is 16.2 Å². The number of nitrogens with one attached hydrogen (secondary N) is 1. The number of nitro groups is 1. The van der Waals surface area contributed by atoms with E-state index in [1.54, 1.807) is 6.07 Å². The summed E-state index contributed by atoms with van der Waals surface area (Å²) in [6.45, 7) is 7.85. The molecule has 2 aromatic carbocycles. The van der Waals surface area contributed by atoms with Crippen molar-refractivity contribution >= 4 is 23.0 Å². The Morgan fingerprint density at radius 1 is 1.21 bits per heavy atom. The normalized spacial score (nSPS) is 13.4. The van der Waals surface area contributed by atoms with Gasteiger partial charge in [-0.15, -0.1) is 0 Å². The molecule has 1 aliphatic heterocycles. The highest BCUT2D eigenvalue weighted by Crippen LogP contribution is 2.28. The standard InChI is InChI=1S/C22H28N4O3/c1-3-24(20-9-5-4-8-17(20)2)15-12-23-22(27)19-16-18(26(28)29)10-11-21(19)25-13-6-7-14-25/h4-5,8-11,16H,3,6-7,12-15H2,1-2H3,(H,23,27). The lowest BCUT2D eigenvalue weighted by Crippen LogP contribution is -2.36. The zero-order valence-corrected chi connectivity index (χ0v) is 17.1. The maximum absolute atomic E-state index is 12.9. The van der Waals surface area contributed by atoms with Crippen molar-refractivity contribution < 1.29 is 9.72 Å². The summed E-state index contributed by atoms with van der Waals surface area (Å²) in [5.74, 6) is -0.267. The molecule has 7 heteroatoms. The van der Waals surface area contributed by atoms with Gasteiger partial charge >= 0.3 is 0 Å². The number of amides is 1. The van der Waals surface area contributed by atoms with E-state index in [1.807, 2.05) is 12.1 Å². The monoisotopic (exact) mass is 396 g/mol. The highest BCUT2D eigenvalue weighted by molar-refractivity contribution is 6.00. The van der Waals surface area contributed by atoms with Gasteiger partial charge in [0, 0.05) is 50.5 Å². The van der Waals surface area contributed by atoms with Gasteiger partial charge in [-0.3, -0.25) is 14.9 Å². The van der Waals surface area contributed by atoms with E-state index in [2.05, 4.69) is 41.1 Å². The minimum absolute atomic E-state index is 0.0619. The topological polar surface area (TPSA) is 78.7 Å². The van der Waals surface area contributed by atoms with Gasteiger partial charge in [-0.05, 0) is 44.4 Å². The first kappa shape index (κ1) is 20.6. The molecule has 0 aliphatic carbocycles. The van der Waals surface area contributed by atoms with Crippen LogP contribution in [0.5, 0.6) is 0 Å². The second kappa shape index (κ2) is 9.41. The summed E-state index contributed by atoms with van der Waals surface area (Å²) in [6.07, 6.45) is 2.14. The summed E-state index contributed by atoms with van der Waals surface area (Å²) in [5, 5.41) is 14.1. The van der Waals surface area contributed by atoms with Crippen LogP contribution >= 0.6 is 0 Å². The van der Waals surface area contributed by atoms with E-state index >= 15 is 0 Å².